The molecule has 2 N–H and O–H groups in total. The minimum Gasteiger partial charge on any atom is -0.376 e. The number of halogens is 2. The zero-order valence-electron chi connectivity index (χ0n) is 17.4. The number of nitrogens with two attached hydrogens (primary N) is 1. The van der Waals surface area contributed by atoms with Gasteiger partial charge < -0.3 is 10.5 Å². The minimum atomic E-state index is -0.662. The molecule has 2 aliphatic rings. The van der Waals surface area contributed by atoms with E-state index in [1.165, 1.54) is 18.2 Å². The molecule has 160 valence electrons. The Morgan fingerprint density at radius 2 is 2.10 bits per heavy atom. The topological polar surface area (TPSA) is 68.5 Å². The van der Waals surface area contributed by atoms with Crippen LogP contribution in [-0.4, -0.2) is 41.1 Å². The first-order valence-electron chi connectivity index (χ1n) is 10.4. The fourth-order valence-electron chi connectivity index (χ4n) is 4.70. The fraction of sp³-hybridized carbons (Fsp3) is 0.478. The highest BCUT2D eigenvalue weighted by Gasteiger charge is 2.31. The molecule has 30 heavy (non-hydrogen) atoms. The first-order chi connectivity index (χ1) is 14.2. The van der Waals surface area contributed by atoms with Gasteiger partial charge in [0.15, 0.2) is 0 Å². The fourth-order valence-corrected chi connectivity index (χ4v) is 4.70. The van der Waals surface area contributed by atoms with Crippen molar-refractivity contribution >= 4 is 5.91 Å². The lowest BCUT2D eigenvalue weighted by Gasteiger charge is -2.39. The van der Waals surface area contributed by atoms with E-state index >= 15 is 0 Å². The van der Waals surface area contributed by atoms with Crippen LogP contribution in [0.5, 0.6) is 0 Å². The summed E-state index contributed by atoms with van der Waals surface area (Å²) >= 11 is 0. The Balaban J connectivity index is 1.63. The van der Waals surface area contributed by atoms with Gasteiger partial charge in [-0.15, -0.1) is 0 Å². The van der Waals surface area contributed by atoms with Gasteiger partial charge in [0.05, 0.1) is 11.3 Å². The highest BCUT2D eigenvalue weighted by Crippen LogP contribution is 2.34. The average molecular weight is 415 g/mol. The van der Waals surface area contributed by atoms with Crippen LogP contribution in [0.1, 0.15) is 48.4 Å². The second kappa shape index (κ2) is 8.04. The summed E-state index contributed by atoms with van der Waals surface area (Å²) in [4.78, 5) is 18.7. The van der Waals surface area contributed by atoms with E-state index in [9.17, 15) is 13.6 Å². The number of rotatable bonds is 4. The average Bonchev–Trinajstić information content (AvgIpc) is 2.66. The van der Waals surface area contributed by atoms with Gasteiger partial charge in [-0.2, -0.15) is 0 Å². The van der Waals surface area contributed by atoms with Crippen LogP contribution >= 0.6 is 0 Å². The van der Waals surface area contributed by atoms with Gasteiger partial charge in [-0.25, -0.2) is 13.8 Å². The summed E-state index contributed by atoms with van der Waals surface area (Å²) in [6, 6.07) is 5.00. The van der Waals surface area contributed by atoms with Gasteiger partial charge in [0.25, 0.3) is 5.91 Å². The normalized spacial score (nSPS) is 21.3. The van der Waals surface area contributed by atoms with Crippen LogP contribution in [0, 0.1) is 17.6 Å². The van der Waals surface area contributed by atoms with Gasteiger partial charge in [-0.1, -0.05) is 0 Å². The lowest BCUT2D eigenvalue weighted by Crippen LogP contribution is -2.41. The van der Waals surface area contributed by atoms with Crippen molar-refractivity contribution in [2.45, 2.75) is 45.3 Å². The summed E-state index contributed by atoms with van der Waals surface area (Å²) in [5.74, 6) is -1.43. The molecule has 3 heterocycles. The van der Waals surface area contributed by atoms with Crippen molar-refractivity contribution < 1.29 is 18.3 Å². The molecular formula is C23H27F2N3O2. The van der Waals surface area contributed by atoms with Crippen LogP contribution in [0.4, 0.5) is 8.78 Å². The van der Waals surface area contributed by atoms with E-state index in [0.717, 1.165) is 49.9 Å². The van der Waals surface area contributed by atoms with Crippen LogP contribution in [-0.2, 0) is 17.7 Å². The summed E-state index contributed by atoms with van der Waals surface area (Å²) in [5, 5.41) is 0. The Labute approximate surface area is 175 Å². The van der Waals surface area contributed by atoms with Gasteiger partial charge in [-0.3, -0.25) is 9.69 Å². The number of pyridine rings is 1. The predicted octanol–water partition coefficient (Wildman–Crippen LogP) is 3.69. The van der Waals surface area contributed by atoms with E-state index < -0.39 is 17.5 Å². The number of carbonyl (C=O) groups is 1. The second-order valence-electron chi connectivity index (χ2n) is 8.92. The monoisotopic (exact) mass is 415 g/mol. The molecule has 1 saturated heterocycles. The molecule has 0 radical (unpaired) electrons. The van der Waals surface area contributed by atoms with E-state index in [-0.39, 0.29) is 16.9 Å². The number of hydrogen-bond donors (Lipinski definition) is 1. The molecule has 1 aromatic heterocycles. The third-order valence-corrected chi connectivity index (χ3v) is 6.05. The Kier molecular flexibility index (Phi) is 5.59. The van der Waals surface area contributed by atoms with Crippen molar-refractivity contribution in [1.29, 1.82) is 0 Å². The summed E-state index contributed by atoms with van der Waals surface area (Å²) < 4.78 is 33.7. The smallest absolute Gasteiger partial charge is 0.267 e. The molecule has 0 saturated carbocycles. The maximum atomic E-state index is 14.5. The highest BCUT2D eigenvalue weighted by atomic mass is 19.1. The Morgan fingerprint density at radius 1 is 1.30 bits per heavy atom. The molecule has 1 fully saturated rings. The predicted molar refractivity (Wildman–Crippen MR) is 110 cm³/mol. The molecule has 1 amide bonds. The first-order valence-corrected chi connectivity index (χ1v) is 10.4. The van der Waals surface area contributed by atoms with Crippen LogP contribution in [0.2, 0.25) is 0 Å². The number of fused-ring (bicyclic) bond motifs is 1. The first kappa shape index (κ1) is 20.9. The summed E-state index contributed by atoms with van der Waals surface area (Å²) in [7, 11) is 0. The second-order valence-corrected chi connectivity index (χ2v) is 8.92. The SMILES string of the molecule is CC1(C)C[C@@H](CN2CCc3c(-c4ccc(F)cc4F)cc(C(N)=O)nc3C2)CCO1. The van der Waals surface area contributed by atoms with Crippen molar-refractivity contribution in [3.8, 4) is 11.1 Å². The number of benzene rings is 1. The molecule has 2 aliphatic heterocycles. The lowest BCUT2D eigenvalue weighted by molar-refractivity contribution is -0.0773. The van der Waals surface area contributed by atoms with Crippen molar-refractivity contribution in [2.75, 3.05) is 19.7 Å². The van der Waals surface area contributed by atoms with Gasteiger partial charge in [0, 0.05) is 37.9 Å². The van der Waals surface area contributed by atoms with E-state index in [0.29, 0.717) is 24.4 Å². The molecule has 5 nitrogen and oxygen atoms in total. The molecule has 0 spiro atoms. The lowest BCUT2D eigenvalue weighted by atomic mass is 9.87. The third kappa shape index (κ3) is 4.37. The van der Waals surface area contributed by atoms with E-state index in [2.05, 4.69) is 23.7 Å². The number of nitrogens with zero attached hydrogens (tertiary/aromatic N) is 2. The summed E-state index contributed by atoms with van der Waals surface area (Å²) in [6.45, 7) is 7.32. The van der Waals surface area contributed by atoms with Gasteiger partial charge in [0.2, 0.25) is 0 Å². The number of primary amides is 1. The zero-order valence-corrected chi connectivity index (χ0v) is 17.4. The maximum absolute atomic E-state index is 14.5. The van der Waals surface area contributed by atoms with E-state index in [1.807, 2.05) is 0 Å². The maximum Gasteiger partial charge on any atom is 0.267 e. The molecule has 0 unspecified atom stereocenters. The van der Waals surface area contributed by atoms with Gasteiger partial charge in [0.1, 0.15) is 17.3 Å². The minimum absolute atomic E-state index is 0.0986. The molecular weight excluding hydrogens is 388 g/mol. The Bertz CT molecular complexity index is 977. The number of aromatic nitrogens is 1. The molecule has 0 bridgehead atoms. The summed E-state index contributed by atoms with van der Waals surface area (Å²) in [5.41, 5.74) is 7.94. The molecule has 7 heteroatoms. The Hall–Kier alpha value is -2.38. The van der Waals surface area contributed by atoms with Crippen LogP contribution in [0.15, 0.2) is 24.3 Å². The zero-order chi connectivity index (χ0) is 21.5. The molecule has 0 aliphatic carbocycles. The van der Waals surface area contributed by atoms with Crippen molar-refractivity contribution in [3.05, 3.63) is 52.9 Å². The van der Waals surface area contributed by atoms with Crippen molar-refractivity contribution in [3.63, 3.8) is 0 Å². The molecule has 1 atom stereocenters. The highest BCUT2D eigenvalue weighted by molar-refractivity contribution is 5.92. The Morgan fingerprint density at radius 3 is 2.80 bits per heavy atom. The number of carbonyl (C=O) groups excluding carboxylic acids is 1. The van der Waals surface area contributed by atoms with Crippen LogP contribution in [0.25, 0.3) is 11.1 Å². The van der Waals surface area contributed by atoms with Gasteiger partial charge in [-0.05, 0) is 68.4 Å². The summed E-state index contributed by atoms with van der Waals surface area (Å²) in [6.07, 6.45) is 2.70. The largest absolute Gasteiger partial charge is 0.376 e. The van der Waals surface area contributed by atoms with Crippen molar-refractivity contribution in [2.24, 2.45) is 11.7 Å². The molecule has 2 aromatic rings. The van der Waals surface area contributed by atoms with Crippen LogP contribution < -0.4 is 5.73 Å². The standard InChI is InChI=1S/C23H27F2N3O2/c1-23(2)11-14(6-8-30-23)12-28-7-5-17-18(16-4-3-15(24)9-19(16)25)10-20(22(26)29)27-21(17)13-28/h3-4,9-10,14H,5-8,11-13H2,1-2H3,(H2,26,29)/t14-/m0/s1. The number of amides is 1. The molecule has 4 rings (SSSR count). The van der Waals surface area contributed by atoms with E-state index in [1.54, 1.807) is 0 Å². The number of ether oxygens (including phenoxy) is 1. The third-order valence-electron chi connectivity index (χ3n) is 6.05. The van der Waals surface area contributed by atoms with Gasteiger partial charge >= 0.3 is 0 Å². The number of hydrogen-bond acceptors (Lipinski definition) is 4. The van der Waals surface area contributed by atoms with Crippen molar-refractivity contribution in [1.82, 2.24) is 9.88 Å². The molecule has 1 aromatic carbocycles. The van der Waals surface area contributed by atoms with E-state index in [4.69, 9.17) is 10.5 Å². The van der Waals surface area contributed by atoms with Crippen LogP contribution in [0.3, 0.4) is 0 Å². The quantitative estimate of drug-likeness (QED) is 0.827.